The average molecular weight is 520 g/mol. The van der Waals surface area contributed by atoms with Crippen LogP contribution in [0.4, 0.5) is 15.0 Å². The third-order valence-corrected chi connectivity index (χ3v) is 6.25. The van der Waals surface area contributed by atoms with E-state index in [0.717, 1.165) is 23.4 Å². The zero-order valence-electron chi connectivity index (χ0n) is 22.2. The first-order valence-electron chi connectivity index (χ1n) is 12.6. The number of hydrogen-bond donors (Lipinski definition) is 2. The third-order valence-electron chi connectivity index (χ3n) is 5.95. The fraction of sp³-hybridized carbons (Fsp3) is 0.571. The number of carbonyl (C=O) groups is 1. The van der Waals surface area contributed by atoms with Crippen LogP contribution in [0.1, 0.15) is 67.2 Å². The number of benzene rings is 1. The molecule has 0 saturated heterocycles. The molecule has 8 heteroatoms. The van der Waals surface area contributed by atoms with Gasteiger partial charge in [-0.1, -0.05) is 31.5 Å². The number of rotatable bonds is 9. The maximum absolute atomic E-state index is 13.5. The van der Waals surface area contributed by atoms with Crippen LogP contribution in [-0.4, -0.2) is 41.0 Å². The Balaban J connectivity index is 1.68. The summed E-state index contributed by atoms with van der Waals surface area (Å²) in [6.07, 6.45) is 3.15. The lowest BCUT2D eigenvalue weighted by Gasteiger charge is -2.33. The highest BCUT2D eigenvalue weighted by Gasteiger charge is 2.31. The summed E-state index contributed by atoms with van der Waals surface area (Å²) < 4.78 is 25.1. The Hall–Kier alpha value is -2.54. The maximum Gasteiger partial charge on any atom is 0.408 e. The van der Waals surface area contributed by atoms with E-state index in [1.807, 2.05) is 58.0 Å². The number of hydrogen-bond acceptors (Lipinski definition) is 5. The lowest BCUT2D eigenvalue weighted by molar-refractivity contribution is 0.0408. The minimum absolute atomic E-state index is 0.108. The number of nitrogens with one attached hydrogen (secondary N) is 2. The highest BCUT2D eigenvalue weighted by atomic mass is 35.5. The van der Waals surface area contributed by atoms with Gasteiger partial charge in [0.25, 0.3) is 0 Å². The van der Waals surface area contributed by atoms with Crippen LogP contribution < -0.4 is 15.4 Å². The molecule has 0 radical (unpaired) electrons. The highest BCUT2D eigenvalue weighted by molar-refractivity contribution is 6.32. The van der Waals surface area contributed by atoms with E-state index in [1.54, 1.807) is 6.20 Å². The number of alkyl carbamates (subject to hydrolysis) is 1. The number of ether oxygens (including phenoxy) is 2. The molecule has 1 aromatic carbocycles. The molecule has 0 spiro atoms. The van der Waals surface area contributed by atoms with Gasteiger partial charge < -0.3 is 20.1 Å². The van der Waals surface area contributed by atoms with Crippen LogP contribution in [-0.2, 0) is 4.74 Å². The summed E-state index contributed by atoms with van der Waals surface area (Å²) in [5.41, 5.74) is 0.650. The summed E-state index contributed by atoms with van der Waals surface area (Å²) in [6.45, 7) is 11.9. The molecule has 1 aliphatic carbocycles. The first-order chi connectivity index (χ1) is 16.8. The molecule has 1 saturated carbocycles. The molecule has 2 N–H and O–H groups in total. The average Bonchev–Trinajstić information content (AvgIpc) is 3.15. The fourth-order valence-electron chi connectivity index (χ4n) is 4.59. The molecule has 1 amide bonds. The Morgan fingerprint density at radius 2 is 1.89 bits per heavy atom. The van der Waals surface area contributed by atoms with Gasteiger partial charge in [0.05, 0.1) is 10.6 Å². The van der Waals surface area contributed by atoms with Gasteiger partial charge in [0.1, 0.15) is 29.9 Å². The second-order valence-corrected chi connectivity index (χ2v) is 11.8. The Morgan fingerprint density at radius 3 is 2.50 bits per heavy atom. The Bertz CT molecular complexity index is 1040. The number of pyridine rings is 1. The van der Waals surface area contributed by atoms with Crippen LogP contribution in [0.5, 0.6) is 5.75 Å². The van der Waals surface area contributed by atoms with Crippen molar-refractivity contribution in [3.8, 4) is 16.9 Å². The first-order valence-corrected chi connectivity index (χ1v) is 13.0. The lowest BCUT2D eigenvalue weighted by Crippen LogP contribution is -2.52. The number of anilines is 1. The van der Waals surface area contributed by atoms with Crippen LogP contribution in [0.15, 0.2) is 36.5 Å². The van der Waals surface area contributed by atoms with Crippen molar-refractivity contribution in [1.29, 1.82) is 0 Å². The normalized spacial score (nSPS) is 19.6. The zero-order valence-corrected chi connectivity index (χ0v) is 22.9. The summed E-state index contributed by atoms with van der Waals surface area (Å²) in [5, 5.41) is 6.79. The number of carbonyl (C=O) groups excluding carboxylic acids is 1. The van der Waals surface area contributed by atoms with Gasteiger partial charge in [-0.2, -0.15) is 0 Å². The van der Waals surface area contributed by atoms with Crippen molar-refractivity contribution in [3.63, 3.8) is 0 Å². The van der Waals surface area contributed by atoms with Crippen LogP contribution in [0, 0.1) is 5.92 Å². The van der Waals surface area contributed by atoms with Gasteiger partial charge in [-0.15, -0.1) is 0 Å². The van der Waals surface area contributed by atoms with Gasteiger partial charge in [0, 0.05) is 12.2 Å². The van der Waals surface area contributed by atoms with Crippen molar-refractivity contribution >= 4 is 23.5 Å². The molecular weight excluding hydrogens is 481 g/mol. The van der Waals surface area contributed by atoms with Crippen molar-refractivity contribution in [2.24, 2.45) is 5.92 Å². The molecule has 0 bridgehead atoms. The van der Waals surface area contributed by atoms with Crippen LogP contribution in [0.2, 0.25) is 5.02 Å². The first kappa shape index (κ1) is 28.0. The smallest absolute Gasteiger partial charge is 0.408 e. The van der Waals surface area contributed by atoms with E-state index in [9.17, 15) is 9.18 Å². The maximum atomic E-state index is 13.5. The summed E-state index contributed by atoms with van der Waals surface area (Å²) in [5.74, 6) is 1.59. The molecule has 1 fully saturated rings. The molecule has 36 heavy (non-hydrogen) atoms. The molecule has 1 aliphatic rings. The van der Waals surface area contributed by atoms with Gasteiger partial charge in [0.2, 0.25) is 0 Å². The van der Waals surface area contributed by atoms with Gasteiger partial charge in [-0.25, -0.2) is 14.2 Å². The number of halogens is 2. The molecule has 0 aliphatic heterocycles. The zero-order chi connectivity index (χ0) is 26.5. The van der Waals surface area contributed by atoms with E-state index in [0.29, 0.717) is 36.0 Å². The van der Waals surface area contributed by atoms with E-state index >= 15 is 0 Å². The van der Waals surface area contributed by atoms with Crippen molar-refractivity contribution in [1.82, 2.24) is 10.3 Å². The summed E-state index contributed by atoms with van der Waals surface area (Å²) in [6, 6.07) is 9.59. The van der Waals surface area contributed by atoms with Crippen LogP contribution in [0.3, 0.4) is 0 Å². The van der Waals surface area contributed by atoms with Crippen molar-refractivity contribution < 1.29 is 18.7 Å². The molecule has 198 valence electrons. The van der Waals surface area contributed by atoms with Crippen molar-refractivity contribution in [3.05, 3.63) is 41.6 Å². The minimum Gasteiger partial charge on any atom is -0.490 e. The summed E-state index contributed by atoms with van der Waals surface area (Å²) in [7, 11) is 0. The quantitative estimate of drug-likeness (QED) is 0.361. The van der Waals surface area contributed by atoms with E-state index in [2.05, 4.69) is 29.5 Å². The van der Waals surface area contributed by atoms with Crippen molar-refractivity contribution in [2.45, 2.75) is 90.6 Å². The molecular formula is C28H39ClFN3O3. The summed E-state index contributed by atoms with van der Waals surface area (Å²) in [4.78, 5) is 16.8. The standard InChI is InChI=1S/C28H39ClFN3O3/c1-18(2)16-28(6,33-26(34)36-27(3,4)5)17-35-24-10-7-19(13-23(24)29)20-11-12-31-25(14-20)32-22-9-8-21(30)15-22/h7,10-14,18,21-22H,8-9,15-17H2,1-6H3,(H,31,32)(H,33,34)/t21?,22?,28-/m0/s1. The number of alkyl halides is 1. The predicted molar refractivity (Wildman–Crippen MR) is 144 cm³/mol. The monoisotopic (exact) mass is 519 g/mol. The van der Waals surface area contributed by atoms with Gasteiger partial charge in [0.15, 0.2) is 0 Å². The third kappa shape index (κ3) is 8.54. The van der Waals surface area contributed by atoms with Crippen LogP contribution >= 0.6 is 11.6 Å². The van der Waals surface area contributed by atoms with Gasteiger partial charge in [-0.05, 0) is 94.7 Å². The SMILES string of the molecule is CC(C)C[C@@](C)(COc1ccc(-c2ccnc(NC3CCC(F)C3)c2)cc1Cl)NC(=O)OC(C)(C)C. The highest BCUT2D eigenvalue weighted by Crippen LogP contribution is 2.33. The number of aromatic nitrogens is 1. The Labute approximate surface area is 219 Å². The largest absolute Gasteiger partial charge is 0.490 e. The molecule has 6 nitrogen and oxygen atoms in total. The minimum atomic E-state index is -0.737. The summed E-state index contributed by atoms with van der Waals surface area (Å²) >= 11 is 6.59. The van der Waals surface area contributed by atoms with Crippen molar-refractivity contribution in [2.75, 3.05) is 11.9 Å². The van der Waals surface area contributed by atoms with Crippen LogP contribution in [0.25, 0.3) is 11.1 Å². The second kappa shape index (κ2) is 11.7. The molecule has 2 aromatic rings. The van der Waals surface area contributed by atoms with Gasteiger partial charge >= 0.3 is 6.09 Å². The topological polar surface area (TPSA) is 72.5 Å². The molecule has 3 rings (SSSR count). The Morgan fingerprint density at radius 1 is 1.17 bits per heavy atom. The van der Waals surface area contributed by atoms with E-state index in [1.165, 1.54) is 0 Å². The second-order valence-electron chi connectivity index (χ2n) is 11.4. The fourth-order valence-corrected chi connectivity index (χ4v) is 4.82. The Kier molecular flexibility index (Phi) is 9.09. The van der Waals surface area contributed by atoms with E-state index < -0.39 is 23.4 Å². The number of amides is 1. The molecule has 3 atom stereocenters. The van der Waals surface area contributed by atoms with E-state index in [4.69, 9.17) is 21.1 Å². The number of nitrogens with zero attached hydrogens (tertiary/aromatic N) is 1. The van der Waals surface area contributed by atoms with E-state index in [-0.39, 0.29) is 12.6 Å². The molecule has 1 heterocycles. The molecule has 2 unspecified atom stereocenters. The lowest BCUT2D eigenvalue weighted by atomic mass is 9.91. The molecule has 1 aromatic heterocycles. The van der Waals surface area contributed by atoms with Gasteiger partial charge in [-0.3, -0.25) is 0 Å². The predicted octanol–water partition coefficient (Wildman–Crippen LogP) is 7.41.